The number of benzene rings is 2. The molecule has 1 N–H and O–H groups in total. The summed E-state index contributed by atoms with van der Waals surface area (Å²) in [6.07, 6.45) is 5.69. The van der Waals surface area contributed by atoms with Crippen LogP contribution in [-0.2, 0) is 4.74 Å². The van der Waals surface area contributed by atoms with Crippen LogP contribution in [0.5, 0.6) is 0 Å². The fourth-order valence-electron chi connectivity index (χ4n) is 6.07. The highest BCUT2D eigenvalue weighted by molar-refractivity contribution is 6.13. The Balaban J connectivity index is 1.17. The molecule has 230 valence electrons. The van der Waals surface area contributed by atoms with Crippen LogP contribution in [-0.4, -0.2) is 82.5 Å². The van der Waals surface area contributed by atoms with Crippen molar-refractivity contribution in [1.82, 2.24) is 19.8 Å². The minimum absolute atomic E-state index is 0.0831. The van der Waals surface area contributed by atoms with Crippen molar-refractivity contribution in [2.45, 2.75) is 58.1 Å². The first-order chi connectivity index (χ1) is 21.1. The number of rotatable bonds is 4. The van der Waals surface area contributed by atoms with Crippen LogP contribution in [0, 0.1) is 0 Å². The summed E-state index contributed by atoms with van der Waals surface area (Å²) in [6.45, 7) is 7.27. The molecule has 2 aromatic carbocycles. The van der Waals surface area contributed by atoms with E-state index >= 15 is 0 Å². The number of hydrogen-bond acceptors (Lipinski definition) is 8. The van der Waals surface area contributed by atoms with Crippen molar-refractivity contribution < 1.29 is 19.1 Å². The van der Waals surface area contributed by atoms with Crippen molar-refractivity contribution in [1.29, 1.82) is 0 Å². The summed E-state index contributed by atoms with van der Waals surface area (Å²) in [6, 6.07) is 15.2. The lowest BCUT2D eigenvalue weighted by Gasteiger charge is -2.35. The molecule has 11 nitrogen and oxygen atoms in total. The normalized spacial score (nSPS) is 17.2. The molecule has 6 rings (SSSR count). The summed E-state index contributed by atoms with van der Waals surface area (Å²) in [7, 11) is 1.76. The van der Waals surface area contributed by atoms with E-state index in [0.717, 1.165) is 37.1 Å². The lowest BCUT2D eigenvalue weighted by molar-refractivity contribution is 0.0141. The number of nitrogens with zero attached hydrogens (tertiary/aromatic N) is 6. The van der Waals surface area contributed by atoms with Gasteiger partial charge in [-0.3, -0.25) is 9.59 Å². The minimum atomic E-state index is -0.556. The number of para-hydroxylation sites is 1. The molecule has 44 heavy (non-hydrogen) atoms. The number of anilines is 5. The van der Waals surface area contributed by atoms with Crippen molar-refractivity contribution in [3.63, 3.8) is 0 Å². The topological polar surface area (TPSA) is 111 Å². The second kappa shape index (κ2) is 11.8. The molecule has 0 bridgehead atoms. The van der Waals surface area contributed by atoms with E-state index < -0.39 is 5.60 Å². The number of nitrogens with one attached hydrogen (secondary N) is 1. The van der Waals surface area contributed by atoms with E-state index in [9.17, 15) is 14.4 Å². The maximum atomic E-state index is 13.4. The number of fused-ring (bicyclic) bond motifs is 2. The molecule has 1 saturated carbocycles. The van der Waals surface area contributed by atoms with E-state index in [2.05, 4.69) is 15.2 Å². The fourth-order valence-corrected chi connectivity index (χ4v) is 6.07. The van der Waals surface area contributed by atoms with Gasteiger partial charge >= 0.3 is 6.09 Å². The Morgan fingerprint density at radius 3 is 2.25 bits per heavy atom. The molecule has 3 amide bonds. The number of hydrogen-bond donors (Lipinski definition) is 1. The van der Waals surface area contributed by atoms with Crippen molar-refractivity contribution in [2.75, 3.05) is 48.3 Å². The Morgan fingerprint density at radius 2 is 1.57 bits per heavy atom. The molecule has 3 aromatic rings. The fraction of sp³-hybridized carbons (Fsp3) is 0.424. The van der Waals surface area contributed by atoms with Crippen LogP contribution in [0.25, 0.3) is 0 Å². The average molecular weight is 598 g/mol. The summed E-state index contributed by atoms with van der Waals surface area (Å²) >= 11 is 0. The van der Waals surface area contributed by atoms with Gasteiger partial charge in [-0.15, -0.1) is 0 Å². The van der Waals surface area contributed by atoms with Gasteiger partial charge in [0.25, 0.3) is 11.8 Å². The third-order valence-electron chi connectivity index (χ3n) is 8.33. The minimum Gasteiger partial charge on any atom is -0.444 e. The lowest BCUT2D eigenvalue weighted by atomic mass is 10.1. The van der Waals surface area contributed by atoms with E-state index in [1.807, 2.05) is 57.2 Å². The van der Waals surface area contributed by atoms with Gasteiger partial charge in [-0.1, -0.05) is 25.0 Å². The lowest BCUT2D eigenvalue weighted by Crippen LogP contribution is -2.51. The van der Waals surface area contributed by atoms with E-state index in [1.165, 1.54) is 0 Å². The molecule has 0 spiro atoms. The standard InChI is InChI=1S/C33H39N7O4/c1-33(2,3)44-32(43)39-19-17-38(18-20-39)29(41)22-13-15-23(16-14-22)35-31-34-21-27-28(36-31)40(24-9-5-6-10-24)26-12-8-7-11-25(26)30(42)37(27)4/h7-8,11-16,21,24H,5-6,9-10,17-20H2,1-4H3,(H,34,35,36). The maximum Gasteiger partial charge on any atom is 0.410 e. The average Bonchev–Trinajstić information content (AvgIpc) is 3.52. The summed E-state index contributed by atoms with van der Waals surface area (Å²) in [5.41, 5.74) is 2.93. The highest BCUT2D eigenvalue weighted by Crippen LogP contribution is 2.43. The number of ether oxygens (including phenoxy) is 1. The molecular weight excluding hydrogens is 558 g/mol. The second-order valence-electron chi connectivity index (χ2n) is 12.6. The quantitative estimate of drug-likeness (QED) is 0.415. The number of carbonyl (C=O) groups is 3. The highest BCUT2D eigenvalue weighted by Gasteiger charge is 2.35. The highest BCUT2D eigenvalue weighted by atomic mass is 16.6. The van der Waals surface area contributed by atoms with E-state index in [1.54, 1.807) is 40.1 Å². The van der Waals surface area contributed by atoms with E-state index in [0.29, 0.717) is 54.8 Å². The van der Waals surface area contributed by atoms with Crippen LogP contribution >= 0.6 is 0 Å². The van der Waals surface area contributed by atoms with Crippen LogP contribution in [0.2, 0.25) is 0 Å². The zero-order valence-electron chi connectivity index (χ0n) is 25.7. The SMILES string of the molecule is CN1C(=O)c2ccccc2N(C2CCCC2)c2nc(Nc3ccc(C(=O)N4CCN(C(=O)OC(C)(C)C)CC4)cc3)ncc21. The largest absolute Gasteiger partial charge is 0.444 e. The maximum absolute atomic E-state index is 13.4. The molecular formula is C33H39N7O4. The van der Waals surface area contributed by atoms with E-state index in [-0.39, 0.29) is 23.9 Å². The van der Waals surface area contributed by atoms with Crippen LogP contribution in [0.3, 0.4) is 0 Å². The van der Waals surface area contributed by atoms with Gasteiger partial charge in [-0.25, -0.2) is 9.78 Å². The Morgan fingerprint density at radius 1 is 0.909 bits per heavy atom. The van der Waals surface area contributed by atoms with Crippen LogP contribution in [0.1, 0.15) is 67.2 Å². The van der Waals surface area contributed by atoms with Gasteiger partial charge in [-0.05, 0) is 70.0 Å². The monoisotopic (exact) mass is 597 g/mol. The van der Waals surface area contributed by atoms with Crippen LogP contribution in [0.4, 0.5) is 33.6 Å². The van der Waals surface area contributed by atoms with Gasteiger partial charge in [0.15, 0.2) is 5.82 Å². The molecule has 2 fully saturated rings. The molecule has 1 aliphatic carbocycles. The zero-order valence-corrected chi connectivity index (χ0v) is 25.7. The Kier molecular flexibility index (Phi) is 7.87. The molecule has 3 heterocycles. The van der Waals surface area contributed by atoms with Gasteiger partial charge in [0.1, 0.15) is 11.3 Å². The number of amides is 3. The first-order valence-electron chi connectivity index (χ1n) is 15.3. The summed E-state index contributed by atoms with van der Waals surface area (Å²) in [5, 5.41) is 3.28. The van der Waals surface area contributed by atoms with Gasteiger partial charge in [-0.2, -0.15) is 4.98 Å². The predicted octanol–water partition coefficient (Wildman–Crippen LogP) is 5.58. The van der Waals surface area contributed by atoms with Crippen LogP contribution < -0.4 is 15.1 Å². The van der Waals surface area contributed by atoms with Gasteiger partial charge < -0.3 is 29.7 Å². The van der Waals surface area contributed by atoms with Crippen molar-refractivity contribution in [2.24, 2.45) is 0 Å². The molecule has 2 aliphatic heterocycles. The molecule has 0 atom stereocenters. The van der Waals surface area contributed by atoms with E-state index in [4.69, 9.17) is 9.72 Å². The summed E-state index contributed by atoms with van der Waals surface area (Å²) in [5.74, 6) is 0.940. The third-order valence-corrected chi connectivity index (χ3v) is 8.33. The first-order valence-corrected chi connectivity index (χ1v) is 15.3. The van der Waals surface area contributed by atoms with Gasteiger partial charge in [0.05, 0.1) is 17.4 Å². The number of piperazine rings is 1. The van der Waals surface area contributed by atoms with Crippen molar-refractivity contribution in [3.8, 4) is 0 Å². The summed E-state index contributed by atoms with van der Waals surface area (Å²) < 4.78 is 5.46. The molecule has 0 radical (unpaired) electrons. The summed E-state index contributed by atoms with van der Waals surface area (Å²) in [4.78, 5) is 55.7. The Hall–Kier alpha value is -4.67. The first kappa shape index (κ1) is 29.4. The van der Waals surface area contributed by atoms with Crippen LogP contribution in [0.15, 0.2) is 54.7 Å². The Labute approximate surface area is 257 Å². The number of aromatic nitrogens is 2. The molecule has 0 unspecified atom stereocenters. The van der Waals surface area contributed by atoms with Gasteiger partial charge in [0.2, 0.25) is 5.95 Å². The smallest absolute Gasteiger partial charge is 0.410 e. The Bertz CT molecular complexity index is 1560. The third kappa shape index (κ3) is 5.91. The predicted molar refractivity (Wildman–Crippen MR) is 169 cm³/mol. The number of carbonyl (C=O) groups excluding carboxylic acids is 3. The van der Waals surface area contributed by atoms with Crippen molar-refractivity contribution >= 4 is 46.7 Å². The molecule has 1 aromatic heterocycles. The van der Waals surface area contributed by atoms with Crippen molar-refractivity contribution in [3.05, 3.63) is 65.9 Å². The molecule has 1 saturated heterocycles. The molecule has 11 heteroatoms. The van der Waals surface area contributed by atoms with Gasteiger partial charge in [0, 0.05) is 50.5 Å². The second-order valence-corrected chi connectivity index (χ2v) is 12.6. The molecule has 3 aliphatic rings. The zero-order chi connectivity index (χ0) is 31.0.